The van der Waals surface area contributed by atoms with Crippen molar-refractivity contribution >= 4 is 5.91 Å². The largest absolute Gasteiger partial charge is 0.492 e. The summed E-state index contributed by atoms with van der Waals surface area (Å²) in [5.41, 5.74) is 3.40. The summed E-state index contributed by atoms with van der Waals surface area (Å²) >= 11 is 0. The second-order valence-electron chi connectivity index (χ2n) is 8.10. The fourth-order valence-corrected chi connectivity index (χ4v) is 4.30. The summed E-state index contributed by atoms with van der Waals surface area (Å²) in [4.78, 5) is 25.6. The lowest BCUT2D eigenvalue weighted by Gasteiger charge is -2.35. The molecule has 1 fully saturated rings. The normalized spacial score (nSPS) is 19.7. The van der Waals surface area contributed by atoms with Crippen LogP contribution in [0.15, 0.2) is 30.5 Å². The van der Waals surface area contributed by atoms with Crippen LogP contribution in [0.5, 0.6) is 5.75 Å². The number of fused-ring (bicyclic) bond motifs is 1. The van der Waals surface area contributed by atoms with Crippen molar-refractivity contribution in [2.45, 2.75) is 52.1 Å². The van der Waals surface area contributed by atoms with Gasteiger partial charge in [0.25, 0.3) is 0 Å². The Bertz CT molecular complexity index is 870. The summed E-state index contributed by atoms with van der Waals surface area (Å²) < 4.78 is 5.98. The first-order chi connectivity index (χ1) is 14.1. The molecule has 1 saturated heterocycles. The quantitative estimate of drug-likeness (QED) is 0.779. The summed E-state index contributed by atoms with van der Waals surface area (Å²) in [5, 5.41) is 0. The first kappa shape index (κ1) is 19.8. The van der Waals surface area contributed by atoms with E-state index in [2.05, 4.69) is 24.0 Å². The number of aromatic nitrogens is 2. The van der Waals surface area contributed by atoms with Crippen molar-refractivity contribution in [1.82, 2.24) is 19.8 Å². The van der Waals surface area contributed by atoms with Crippen molar-refractivity contribution < 1.29 is 9.53 Å². The molecule has 6 nitrogen and oxygen atoms in total. The Morgan fingerprint density at radius 2 is 2.17 bits per heavy atom. The van der Waals surface area contributed by atoms with E-state index in [0.717, 1.165) is 55.3 Å². The fourth-order valence-electron chi connectivity index (χ4n) is 4.30. The molecule has 6 heteroatoms. The number of likely N-dealkylation sites (tertiary alicyclic amines) is 1. The predicted octanol–water partition coefficient (Wildman–Crippen LogP) is 3.30. The Labute approximate surface area is 172 Å². The number of carbonyl (C=O) groups excluding carboxylic acids is 1. The molecule has 0 radical (unpaired) electrons. The van der Waals surface area contributed by atoms with E-state index in [1.807, 2.05) is 23.2 Å². The van der Waals surface area contributed by atoms with Crippen LogP contribution < -0.4 is 4.74 Å². The minimum Gasteiger partial charge on any atom is -0.492 e. The molecule has 0 spiro atoms. The molecule has 3 heterocycles. The summed E-state index contributed by atoms with van der Waals surface area (Å²) in [7, 11) is 0. The lowest BCUT2D eigenvalue weighted by atomic mass is 10.0. The highest BCUT2D eigenvalue weighted by atomic mass is 16.5. The van der Waals surface area contributed by atoms with Crippen LogP contribution in [-0.2, 0) is 17.8 Å². The van der Waals surface area contributed by atoms with E-state index in [-0.39, 0.29) is 11.9 Å². The van der Waals surface area contributed by atoms with E-state index in [1.165, 1.54) is 18.4 Å². The molecule has 1 aromatic carbocycles. The molecule has 29 heavy (non-hydrogen) atoms. The number of hydrogen-bond donors (Lipinski definition) is 0. The molecule has 0 N–H and O–H groups in total. The monoisotopic (exact) mass is 394 g/mol. The zero-order valence-corrected chi connectivity index (χ0v) is 17.4. The number of amides is 1. The number of nitrogens with zero attached hydrogens (tertiary/aromatic N) is 4. The van der Waals surface area contributed by atoms with Crippen molar-refractivity contribution in [3.63, 3.8) is 0 Å². The number of carbonyl (C=O) groups is 1. The van der Waals surface area contributed by atoms with Crippen LogP contribution in [0.2, 0.25) is 0 Å². The Hall–Kier alpha value is -2.47. The molecule has 0 saturated carbocycles. The van der Waals surface area contributed by atoms with Crippen LogP contribution in [0.25, 0.3) is 0 Å². The SMILES string of the molecule is CC(=O)N1CCc2nc([C@H]3CCCCN3CCOc3cccc(C)c3)ncc2C1. The Kier molecular flexibility index (Phi) is 6.09. The van der Waals surface area contributed by atoms with Crippen LogP contribution in [-0.4, -0.2) is 51.9 Å². The van der Waals surface area contributed by atoms with Gasteiger partial charge in [0.1, 0.15) is 18.2 Å². The molecular weight excluding hydrogens is 364 g/mol. The zero-order valence-electron chi connectivity index (χ0n) is 17.4. The van der Waals surface area contributed by atoms with Crippen LogP contribution in [0, 0.1) is 6.92 Å². The van der Waals surface area contributed by atoms with Gasteiger partial charge in [0.05, 0.1) is 11.7 Å². The Morgan fingerprint density at radius 3 is 3.00 bits per heavy atom. The van der Waals surface area contributed by atoms with Gasteiger partial charge in [-0.15, -0.1) is 0 Å². The van der Waals surface area contributed by atoms with E-state index in [9.17, 15) is 4.79 Å². The molecule has 2 aromatic rings. The van der Waals surface area contributed by atoms with E-state index >= 15 is 0 Å². The van der Waals surface area contributed by atoms with Gasteiger partial charge >= 0.3 is 0 Å². The number of ether oxygens (including phenoxy) is 1. The molecule has 0 unspecified atom stereocenters. The number of rotatable bonds is 5. The second kappa shape index (κ2) is 8.91. The van der Waals surface area contributed by atoms with Crippen molar-refractivity contribution in [3.05, 3.63) is 53.1 Å². The number of piperidine rings is 1. The Balaban J connectivity index is 1.41. The third-order valence-electron chi connectivity index (χ3n) is 5.95. The summed E-state index contributed by atoms with van der Waals surface area (Å²) in [6, 6.07) is 8.45. The third-order valence-corrected chi connectivity index (χ3v) is 5.95. The molecule has 1 amide bonds. The van der Waals surface area contributed by atoms with Gasteiger partial charge in [-0.3, -0.25) is 9.69 Å². The molecule has 2 aliphatic rings. The molecule has 0 bridgehead atoms. The molecule has 2 aliphatic heterocycles. The van der Waals surface area contributed by atoms with Gasteiger partial charge in [0, 0.05) is 44.7 Å². The van der Waals surface area contributed by atoms with Gasteiger partial charge < -0.3 is 9.64 Å². The van der Waals surface area contributed by atoms with Crippen LogP contribution in [0.4, 0.5) is 0 Å². The lowest BCUT2D eigenvalue weighted by molar-refractivity contribution is -0.129. The highest BCUT2D eigenvalue weighted by molar-refractivity contribution is 5.73. The number of hydrogen-bond acceptors (Lipinski definition) is 5. The topological polar surface area (TPSA) is 58.6 Å². The molecule has 1 atom stereocenters. The highest BCUT2D eigenvalue weighted by Crippen LogP contribution is 2.29. The summed E-state index contributed by atoms with van der Waals surface area (Å²) in [6.45, 7) is 7.67. The van der Waals surface area contributed by atoms with Gasteiger partial charge in [-0.1, -0.05) is 18.6 Å². The smallest absolute Gasteiger partial charge is 0.219 e. The number of aryl methyl sites for hydroxylation is 1. The van der Waals surface area contributed by atoms with E-state index in [1.54, 1.807) is 6.92 Å². The average molecular weight is 395 g/mol. The molecule has 1 aromatic heterocycles. The number of benzene rings is 1. The first-order valence-electron chi connectivity index (χ1n) is 10.6. The van der Waals surface area contributed by atoms with Crippen LogP contribution in [0.1, 0.15) is 54.9 Å². The highest BCUT2D eigenvalue weighted by Gasteiger charge is 2.28. The second-order valence-corrected chi connectivity index (χ2v) is 8.10. The van der Waals surface area contributed by atoms with Crippen LogP contribution >= 0.6 is 0 Å². The van der Waals surface area contributed by atoms with Crippen molar-refractivity contribution in [2.75, 3.05) is 26.2 Å². The van der Waals surface area contributed by atoms with Crippen molar-refractivity contribution in [3.8, 4) is 5.75 Å². The van der Waals surface area contributed by atoms with Crippen LogP contribution in [0.3, 0.4) is 0 Å². The maximum atomic E-state index is 11.7. The first-order valence-corrected chi connectivity index (χ1v) is 10.6. The van der Waals surface area contributed by atoms with E-state index in [0.29, 0.717) is 13.2 Å². The minimum absolute atomic E-state index is 0.117. The van der Waals surface area contributed by atoms with E-state index < -0.39 is 0 Å². The average Bonchev–Trinajstić information content (AvgIpc) is 2.73. The fraction of sp³-hybridized carbons (Fsp3) is 0.522. The van der Waals surface area contributed by atoms with Gasteiger partial charge in [-0.2, -0.15) is 0 Å². The lowest BCUT2D eigenvalue weighted by Crippen LogP contribution is -2.38. The predicted molar refractivity (Wildman–Crippen MR) is 112 cm³/mol. The Morgan fingerprint density at radius 1 is 1.28 bits per heavy atom. The standard InChI is InChI=1S/C23H30N4O2/c1-17-6-5-7-20(14-17)29-13-12-26-10-4-3-8-22(26)23-24-15-19-16-27(18(2)28)11-9-21(19)25-23/h5-7,14-15,22H,3-4,8-13,16H2,1-2H3/t22-/m1/s1. The van der Waals surface area contributed by atoms with Gasteiger partial charge in [0.15, 0.2) is 0 Å². The maximum absolute atomic E-state index is 11.7. The molecular formula is C23H30N4O2. The van der Waals surface area contributed by atoms with Gasteiger partial charge in [-0.25, -0.2) is 9.97 Å². The molecule has 4 rings (SSSR count). The minimum atomic E-state index is 0.117. The third kappa shape index (κ3) is 4.75. The zero-order chi connectivity index (χ0) is 20.2. The maximum Gasteiger partial charge on any atom is 0.219 e. The van der Waals surface area contributed by atoms with Gasteiger partial charge in [-0.05, 0) is 44.0 Å². The van der Waals surface area contributed by atoms with E-state index in [4.69, 9.17) is 14.7 Å². The molecule has 0 aliphatic carbocycles. The molecule has 154 valence electrons. The van der Waals surface area contributed by atoms with Crippen molar-refractivity contribution in [2.24, 2.45) is 0 Å². The van der Waals surface area contributed by atoms with Crippen molar-refractivity contribution in [1.29, 1.82) is 0 Å². The van der Waals surface area contributed by atoms with Gasteiger partial charge in [0.2, 0.25) is 5.91 Å². The summed E-state index contributed by atoms with van der Waals surface area (Å²) in [5.74, 6) is 1.97. The summed E-state index contributed by atoms with van der Waals surface area (Å²) in [6.07, 6.45) is 6.25.